The number of likely N-dealkylation sites (N-methyl/N-ethyl adjacent to an activating group) is 1. The van der Waals surface area contributed by atoms with Crippen LogP contribution in [0.4, 0.5) is 0 Å². The van der Waals surface area contributed by atoms with Crippen molar-refractivity contribution in [2.75, 3.05) is 26.7 Å². The van der Waals surface area contributed by atoms with Crippen molar-refractivity contribution in [1.82, 2.24) is 25.0 Å². The molecule has 0 aromatic carbocycles. The molecule has 0 bridgehead atoms. The fourth-order valence-corrected chi connectivity index (χ4v) is 3.74. The highest BCUT2D eigenvalue weighted by molar-refractivity contribution is 5.82. The minimum Gasteiger partial charge on any atom is -0.476 e. The maximum Gasteiger partial charge on any atom is 0.229 e. The van der Waals surface area contributed by atoms with E-state index in [1.54, 1.807) is 6.20 Å². The summed E-state index contributed by atoms with van der Waals surface area (Å²) >= 11 is 0. The summed E-state index contributed by atoms with van der Waals surface area (Å²) in [6.45, 7) is 9.79. The predicted molar refractivity (Wildman–Crippen MR) is 108 cm³/mol. The highest BCUT2D eigenvalue weighted by atomic mass is 16.5. The first-order valence-electron chi connectivity index (χ1n) is 9.71. The lowest BCUT2D eigenvalue weighted by Gasteiger charge is -2.28. The molecular weight excluding hydrogens is 354 g/mol. The van der Waals surface area contributed by atoms with Gasteiger partial charge in [0, 0.05) is 50.1 Å². The number of rotatable bonds is 6. The zero-order valence-electron chi connectivity index (χ0n) is 17.7. The largest absolute Gasteiger partial charge is 0.476 e. The molecule has 152 valence electrons. The Morgan fingerprint density at radius 3 is 2.71 bits per heavy atom. The third-order valence-electron chi connectivity index (χ3n) is 5.42. The van der Waals surface area contributed by atoms with Gasteiger partial charge in [-0.3, -0.25) is 9.48 Å². The van der Waals surface area contributed by atoms with Gasteiger partial charge in [0.2, 0.25) is 11.8 Å². The SMILES string of the molecule is Cc1cccnc1OCC(C)(C)C(=O)N[C@@H]1CN(C)C[C@H]1c1cn(C)nc1C. The number of likely N-dealkylation sites (tertiary alicyclic amines) is 1. The minimum atomic E-state index is -0.667. The molecule has 1 aliphatic rings. The van der Waals surface area contributed by atoms with Crippen LogP contribution < -0.4 is 10.1 Å². The van der Waals surface area contributed by atoms with Gasteiger partial charge < -0.3 is 15.0 Å². The molecule has 1 fully saturated rings. The molecular formula is C21H31N5O2. The number of hydrogen-bond donors (Lipinski definition) is 1. The van der Waals surface area contributed by atoms with Crippen LogP contribution >= 0.6 is 0 Å². The number of ether oxygens (including phenoxy) is 1. The molecule has 2 aromatic heterocycles. The zero-order valence-corrected chi connectivity index (χ0v) is 17.7. The lowest BCUT2D eigenvalue weighted by Crippen LogP contribution is -2.48. The molecule has 1 N–H and O–H groups in total. The standard InChI is InChI=1S/C21H31N5O2/c1-14-8-7-9-22-19(14)28-13-21(3,4)20(27)23-18-12-25(5)10-17(18)16-11-26(6)24-15(16)2/h7-9,11,17-18H,10,12-13H2,1-6H3,(H,23,27)/t17-,18+/m0/s1. The molecule has 0 unspecified atom stereocenters. The van der Waals surface area contributed by atoms with E-state index in [2.05, 4.69) is 33.5 Å². The molecule has 1 saturated heterocycles. The van der Waals surface area contributed by atoms with E-state index in [-0.39, 0.29) is 24.5 Å². The molecule has 3 rings (SSSR count). The van der Waals surface area contributed by atoms with Crippen molar-refractivity contribution in [3.8, 4) is 5.88 Å². The second-order valence-corrected chi connectivity index (χ2v) is 8.55. The van der Waals surface area contributed by atoms with Crippen LogP contribution in [0.3, 0.4) is 0 Å². The average molecular weight is 386 g/mol. The van der Waals surface area contributed by atoms with E-state index < -0.39 is 5.41 Å². The van der Waals surface area contributed by atoms with Crippen LogP contribution in [-0.2, 0) is 11.8 Å². The van der Waals surface area contributed by atoms with E-state index in [9.17, 15) is 4.79 Å². The Morgan fingerprint density at radius 2 is 2.07 bits per heavy atom. The summed E-state index contributed by atoms with van der Waals surface area (Å²) < 4.78 is 7.69. The van der Waals surface area contributed by atoms with Gasteiger partial charge in [0.25, 0.3) is 0 Å². The first-order chi connectivity index (χ1) is 13.2. The van der Waals surface area contributed by atoms with Crippen LogP contribution in [0.2, 0.25) is 0 Å². The van der Waals surface area contributed by atoms with Crippen LogP contribution in [0.5, 0.6) is 5.88 Å². The Morgan fingerprint density at radius 1 is 1.32 bits per heavy atom. The summed E-state index contributed by atoms with van der Waals surface area (Å²) in [4.78, 5) is 19.6. The molecule has 2 atom stereocenters. The summed E-state index contributed by atoms with van der Waals surface area (Å²) in [5.41, 5.74) is 2.52. The third-order valence-corrected chi connectivity index (χ3v) is 5.42. The van der Waals surface area contributed by atoms with Crippen molar-refractivity contribution in [1.29, 1.82) is 0 Å². The van der Waals surface area contributed by atoms with E-state index in [1.807, 2.05) is 51.6 Å². The number of pyridine rings is 1. The third kappa shape index (κ3) is 4.35. The number of nitrogens with zero attached hydrogens (tertiary/aromatic N) is 4. The Labute approximate surface area is 167 Å². The summed E-state index contributed by atoms with van der Waals surface area (Å²) in [6, 6.07) is 3.87. The summed E-state index contributed by atoms with van der Waals surface area (Å²) in [5, 5.41) is 7.74. The van der Waals surface area contributed by atoms with Crippen molar-refractivity contribution in [2.45, 2.75) is 39.7 Å². The predicted octanol–water partition coefficient (Wildman–Crippen LogP) is 2.05. The van der Waals surface area contributed by atoms with Crippen molar-refractivity contribution in [3.05, 3.63) is 41.3 Å². The molecule has 0 spiro atoms. The minimum absolute atomic E-state index is 0.00655. The molecule has 1 aliphatic heterocycles. The molecule has 7 heteroatoms. The molecule has 0 saturated carbocycles. The number of amides is 1. The van der Waals surface area contributed by atoms with Crippen molar-refractivity contribution in [2.24, 2.45) is 12.5 Å². The van der Waals surface area contributed by atoms with E-state index >= 15 is 0 Å². The van der Waals surface area contributed by atoms with Crippen molar-refractivity contribution in [3.63, 3.8) is 0 Å². The van der Waals surface area contributed by atoms with Gasteiger partial charge in [-0.2, -0.15) is 5.10 Å². The summed E-state index contributed by atoms with van der Waals surface area (Å²) in [6.07, 6.45) is 3.76. The number of nitrogens with one attached hydrogen (secondary N) is 1. The molecule has 0 radical (unpaired) electrons. The van der Waals surface area contributed by atoms with Gasteiger partial charge in [-0.25, -0.2) is 4.98 Å². The molecule has 0 aliphatic carbocycles. The molecule has 7 nitrogen and oxygen atoms in total. The van der Waals surface area contributed by atoms with E-state index in [4.69, 9.17) is 4.74 Å². The van der Waals surface area contributed by atoms with Crippen LogP contribution in [0, 0.1) is 19.3 Å². The highest BCUT2D eigenvalue weighted by Gasteiger charge is 2.38. The maximum atomic E-state index is 13.0. The molecule has 1 amide bonds. The number of aromatic nitrogens is 3. The van der Waals surface area contributed by atoms with Crippen molar-refractivity contribution >= 4 is 5.91 Å². The fraction of sp³-hybridized carbons (Fsp3) is 0.571. The first-order valence-corrected chi connectivity index (χ1v) is 9.71. The summed E-state index contributed by atoms with van der Waals surface area (Å²) in [5.74, 6) is 0.804. The number of carbonyl (C=O) groups is 1. The van der Waals surface area contributed by atoms with Gasteiger partial charge in [-0.05, 0) is 46.4 Å². The second-order valence-electron chi connectivity index (χ2n) is 8.55. The monoisotopic (exact) mass is 385 g/mol. The summed E-state index contributed by atoms with van der Waals surface area (Å²) in [7, 11) is 4.02. The van der Waals surface area contributed by atoms with Crippen LogP contribution in [0.1, 0.15) is 36.6 Å². The van der Waals surface area contributed by atoms with Crippen molar-refractivity contribution < 1.29 is 9.53 Å². The van der Waals surface area contributed by atoms with Crippen LogP contribution in [0.25, 0.3) is 0 Å². The van der Waals surface area contributed by atoms with Gasteiger partial charge in [0.05, 0.1) is 11.1 Å². The topological polar surface area (TPSA) is 72.3 Å². The molecule has 28 heavy (non-hydrogen) atoms. The number of aryl methyl sites for hydroxylation is 3. The lowest BCUT2D eigenvalue weighted by molar-refractivity contribution is -0.131. The average Bonchev–Trinajstić information content (AvgIpc) is 3.15. The van der Waals surface area contributed by atoms with E-state index in [0.717, 1.165) is 24.3 Å². The van der Waals surface area contributed by atoms with Gasteiger partial charge in [-0.1, -0.05) is 6.07 Å². The highest BCUT2D eigenvalue weighted by Crippen LogP contribution is 2.30. The van der Waals surface area contributed by atoms with Crippen LogP contribution in [0.15, 0.2) is 24.5 Å². The Hall–Kier alpha value is -2.41. The van der Waals surface area contributed by atoms with Crippen LogP contribution in [-0.4, -0.2) is 58.4 Å². The van der Waals surface area contributed by atoms with Gasteiger partial charge in [0.15, 0.2) is 0 Å². The van der Waals surface area contributed by atoms with E-state index in [0.29, 0.717) is 5.88 Å². The normalized spacial score (nSPS) is 20.4. The van der Waals surface area contributed by atoms with Gasteiger partial charge >= 0.3 is 0 Å². The quantitative estimate of drug-likeness (QED) is 0.824. The Balaban J connectivity index is 1.67. The Bertz CT molecular complexity index is 845. The second kappa shape index (κ2) is 7.91. The Kier molecular flexibility index (Phi) is 5.74. The maximum absolute atomic E-state index is 13.0. The fourth-order valence-electron chi connectivity index (χ4n) is 3.74. The van der Waals surface area contributed by atoms with Gasteiger partial charge in [-0.15, -0.1) is 0 Å². The first kappa shape index (κ1) is 20.3. The lowest BCUT2D eigenvalue weighted by atomic mass is 9.90. The van der Waals surface area contributed by atoms with E-state index in [1.165, 1.54) is 5.56 Å². The number of hydrogen-bond acceptors (Lipinski definition) is 5. The molecule has 3 heterocycles. The smallest absolute Gasteiger partial charge is 0.229 e. The molecule has 2 aromatic rings. The zero-order chi connectivity index (χ0) is 20.5. The van der Waals surface area contributed by atoms with Gasteiger partial charge in [0.1, 0.15) is 6.61 Å². The number of carbonyl (C=O) groups excluding carboxylic acids is 1.